The molecule has 3 amide bonds. The summed E-state index contributed by atoms with van der Waals surface area (Å²) in [4.78, 5) is 47.8. The fourth-order valence-corrected chi connectivity index (χ4v) is 1.81. The lowest BCUT2D eigenvalue weighted by atomic mass is 10.2. The van der Waals surface area contributed by atoms with Crippen molar-refractivity contribution in [1.82, 2.24) is 15.1 Å². The van der Waals surface area contributed by atoms with E-state index in [9.17, 15) is 19.2 Å². The summed E-state index contributed by atoms with van der Waals surface area (Å²) in [5.41, 5.74) is 0. The van der Waals surface area contributed by atoms with Gasteiger partial charge < -0.3 is 20.2 Å². The average Bonchev–Trinajstić information content (AvgIpc) is 2.31. The maximum absolute atomic E-state index is 11.8. The predicted octanol–water partition coefficient (Wildman–Crippen LogP) is -1.73. The first-order valence-corrected chi connectivity index (χ1v) is 5.90. The van der Waals surface area contributed by atoms with Crippen molar-refractivity contribution in [3.8, 4) is 0 Å². The summed E-state index contributed by atoms with van der Waals surface area (Å²) in [7, 11) is 0. The van der Waals surface area contributed by atoms with Crippen LogP contribution in [-0.4, -0.2) is 70.8 Å². The molecule has 1 fully saturated rings. The van der Waals surface area contributed by atoms with Crippen molar-refractivity contribution < 1.29 is 24.3 Å². The largest absolute Gasteiger partial charge is 0.480 e. The first kappa shape index (κ1) is 14.9. The van der Waals surface area contributed by atoms with Crippen molar-refractivity contribution in [2.24, 2.45) is 0 Å². The molecule has 19 heavy (non-hydrogen) atoms. The molecule has 2 N–H and O–H groups in total. The molecule has 0 aromatic heterocycles. The molecule has 106 valence electrons. The van der Waals surface area contributed by atoms with E-state index in [1.807, 2.05) is 0 Å². The van der Waals surface area contributed by atoms with Crippen LogP contribution in [0.2, 0.25) is 0 Å². The molecule has 0 aliphatic carbocycles. The van der Waals surface area contributed by atoms with E-state index in [1.54, 1.807) is 6.92 Å². The normalized spacial score (nSPS) is 17.4. The van der Waals surface area contributed by atoms with Gasteiger partial charge in [0, 0.05) is 13.5 Å². The lowest BCUT2D eigenvalue weighted by Gasteiger charge is -2.34. The Morgan fingerprint density at radius 2 is 1.79 bits per heavy atom. The first-order valence-electron chi connectivity index (χ1n) is 5.90. The van der Waals surface area contributed by atoms with E-state index in [-0.39, 0.29) is 31.4 Å². The van der Waals surface area contributed by atoms with Gasteiger partial charge in [0.15, 0.2) is 0 Å². The summed E-state index contributed by atoms with van der Waals surface area (Å²) in [6.45, 7) is 2.97. The number of hydrogen-bond donors (Lipinski definition) is 2. The maximum Gasteiger partial charge on any atom is 0.328 e. The number of carboxylic acid groups (broad SMARTS) is 1. The van der Waals surface area contributed by atoms with Gasteiger partial charge in [-0.05, 0) is 6.92 Å². The van der Waals surface area contributed by atoms with Crippen LogP contribution in [0.15, 0.2) is 0 Å². The minimum absolute atomic E-state index is 0.0538. The number of hydrogen-bond acceptors (Lipinski definition) is 4. The van der Waals surface area contributed by atoms with E-state index in [0.717, 1.165) is 4.90 Å². The summed E-state index contributed by atoms with van der Waals surface area (Å²) in [6.07, 6.45) is 0. The van der Waals surface area contributed by atoms with Crippen LogP contribution in [0.25, 0.3) is 0 Å². The van der Waals surface area contributed by atoms with Gasteiger partial charge in [0.25, 0.3) is 0 Å². The molecule has 0 aromatic carbocycles. The number of nitrogens with zero attached hydrogens (tertiary/aromatic N) is 2. The molecule has 0 spiro atoms. The van der Waals surface area contributed by atoms with E-state index in [4.69, 9.17) is 5.11 Å². The van der Waals surface area contributed by atoms with Gasteiger partial charge in [0.05, 0.1) is 19.6 Å². The van der Waals surface area contributed by atoms with E-state index >= 15 is 0 Å². The van der Waals surface area contributed by atoms with Gasteiger partial charge in [-0.15, -0.1) is 0 Å². The van der Waals surface area contributed by atoms with Crippen molar-refractivity contribution in [2.75, 3.05) is 26.2 Å². The standard InChI is InChI=1S/C11H17N3O5/c1-3-13-5-10(17)14(6-9(13)16)4-8(11(18)19)12-7(2)15/h8H,3-6H2,1-2H3,(H,12,15)(H,18,19). The number of aliphatic carboxylic acids is 1. The van der Waals surface area contributed by atoms with Gasteiger partial charge in [-0.1, -0.05) is 0 Å². The summed E-state index contributed by atoms with van der Waals surface area (Å²) >= 11 is 0. The van der Waals surface area contributed by atoms with Crippen molar-refractivity contribution >= 4 is 23.7 Å². The summed E-state index contributed by atoms with van der Waals surface area (Å²) < 4.78 is 0. The van der Waals surface area contributed by atoms with Crippen molar-refractivity contribution in [2.45, 2.75) is 19.9 Å². The van der Waals surface area contributed by atoms with Crippen LogP contribution in [-0.2, 0) is 19.2 Å². The number of carbonyl (C=O) groups excluding carboxylic acids is 3. The highest BCUT2D eigenvalue weighted by molar-refractivity contribution is 5.93. The van der Waals surface area contributed by atoms with Gasteiger partial charge >= 0.3 is 5.97 Å². The summed E-state index contributed by atoms with van der Waals surface area (Å²) in [5.74, 6) is -2.29. The van der Waals surface area contributed by atoms with Crippen LogP contribution in [0.1, 0.15) is 13.8 Å². The van der Waals surface area contributed by atoms with Gasteiger partial charge in [-0.25, -0.2) is 4.79 Å². The molecule has 0 saturated carbocycles. The molecule has 8 nitrogen and oxygen atoms in total. The van der Waals surface area contributed by atoms with Gasteiger partial charge in [0.1, 0.15) is 6.04 Å². The van der Waals surface area contributed by atoms with Crippen molar-refractivity contribution in [1.29, 1.82) is 0 Å². The number of likely N-dealkylation sites (N-methyl/N-ethyl adjacent to an activating group) is 1. The van der Waals surface area contributed by atoms with Gasteiger partial charge in [0.2, 0.25) is 17.7 Å². The van der Waals surface area contributed by atoms with E-state index in [2.05, 4.69) is 5.32 Å². The molecule has 0 radical (unpaired) electrons. The van der Waals surface area contributed by atoms with Crippen LogP contribution in [0.3, 0.4) is 0 Å². The third-order valence-electron chi connectivity index (χ3n) is 2.82. The molecule has 1 unspecified atom stereocenters. The predicted molar refractivity (Wildman–Crippen MR) is 64.1 cm³/mol. The van der Waals surface area contributed by atoms with E-state index in [1.165, 1.54) is 11.8 Å². The quantitative estimate of drug-likeness (QED) is 0.617. The summed E-state index contributed by atoms with van der Waals surface area (Å²) in [5, 5.41) is 11.2. The average molecular weight is 271 g/mol. The number of amides is 3. The Kier molecular flexibility index (Phi) is 4.85. The molecule has 8 heteroatoms. The molecule has 1 rings (SSSR count). The number of nitrogens with one attached hydrogen (secondary N) is 1. The second kappa shape index (κ2) is 6.17. The van der Waals surface area contributed by atoms with Crippen molar-refractivity contribution in [3.05, 3.63) is 0 Å². The van der Waals surface area contributed by atoms with Gasteiger partial charge in [-0.2, -0.15) is 0 Å². The zero-order valence-corrected chi connectivity index (χ0v) is 10.9. The number of carbonyl (C=O) groups is 4. The molecular weight excluding hydrogens is 254 g/mol. The zero-order chi connectivity index (χ0) is 14.6. The topological polar surface area (TPSA) is 107 Å². The molecule has 1 saturated heterocycles. The molecule has 0 aromatic rings. The molecule has 1 aliphatic heterocycles. The van der Waals surface area contributed by atoms with Crippen LogP contribution in [0.5, 0.6) is 0 Å². The number of piperazine rings is 1. The lowest BCUT2D eigenvalue weighted by molar-refractivity contribution is -0.152. The molecular formula is C11H17N3O5. The fraction of sp³-hybridized carbons (Fsp3) is 0.636. The van der Waals surface area contributed by atoms with Crippen LogP contribution in [0.4, 0.5) is 0 Å². The molecule has 1 aliphatic rings. The highest BCUT2D eigenvalue weighted by Crippen LogP contribution is 2.05. The maximum atomic E-state index is 11.8. The Balaban J connectivity index is 2.69. The third-order valence-corrected chi connectivity index (χ3v) is 2.82. The van der Waals surface area contributed by atoms with E-state index in [0.29, 0.717) is 6.54 Å². The Bertz CT molecular complexity index is 409. The molecule has 1 atom stereocenters. The Labute approximate surface area is 110 Å². The fourth-order valence-electron chi connectivity index (χ4n) is 1.81. The third kappa shape index (κ3) is 3.94. The van der Waals surface area contributed by atoms with Gasteiger partial charge in [-0.3, -0.25) is 14.4 Å². The lowest BCUT2D eigenvalue weighted by Crippen LogP contribution is -2.58. The monoisotopic (exact) mass is 271 g/mol. The van der Waals surface area contributed by atoms with Crippen molar-refractivity contribution in [3.63, 3.8) is 0 Å². The molecule has 0 bridgehead atoms. The Morgan fingerprint density at radius 3 is 2.26 bits per heavy atom. The highest BCUT2D eigenvalue weighted by atomic mass is 16.4. The number of rotatable bonds is 5. The second-order valence-corrected chi connectivity index (χ2v) is 4.27. The Hall–Kier alpha value is -2.12. The first-order chi connectivity index (χ1) is 8.85. The van der Waals surface area contributed by atoms with E-state index < -0.39 is 17.9 Å². The summed E-state index contributed by atoms with van der Waals surface area (Å²) in [6, 6.07) is -1.21. The van der Waals surface area contributed by atoms with Crippen LogP contribution in [0, 0.1) is 0 Å². The minimum atomic E-state index is -1.24. The minimum Gasteiger partial charge on any atom is -0.480 e. The van der Waals surface area contributed by atoms with Crippen LogP contribution >= 0.6 is 0 Å². The second-order valence-electron chi connectivity index (χ2n) is 4.27. The SMILES string of the molecule is CCN1CC(=O)N(CC(NC(C)=O)C(=O)O)CC1=O. The number of carboxylic acids is 1. The smallest absolute Gasteiger partial charge is 0.328 e. The highest BCUT2D eigenvalue weighted by Gasteiger charge is 2.32. The Morgan fingerprint density at radius 1 is 1.26 bits per heavy atom. The molecule has 1 heterocycles. The zero-order valence-electron chi connectivity index (χ0n) is 10.9. The van der Waals surface area contributed by atoms with Crippen LogP contribution < -0.4 is 5.32 Å².